The van der Waals surface area contributed by atoms with Crippen LogP contribution in [0.4, 0.5) is 0 Å². The number of nitrogens with zero attached hydrogens (tertiary/aromatic N) is 3. The zero-order valence-corrected chi connectivity index (χ0v) is 14.2. The van der Waals surface area contributed by atoms with Crippen LogP contribution in [-0.4, -0.2) is 39.9 Å². The van der Waals surface area contributed by atoms with Gasteiger partial charge in [-0.05, 0) is 58.8 Å². The highest BCUT2D eigenvalue weighted by Crippen LogP contribution is 2.33. The van der Waals surface area contributed by atoms with Gasteiger partial charge in [0.15, 0.2) is 0 Å². The van der Waals surface area contributed by atoms with E-state index in [2.05, 4.69) is 53.8 Å². The molecule has 0 aliphatic carbocycles. The van der Waals surface area contributed by atoms with Crippen LogP contribution in [0.15, 0.2) is 12.3 Å². The number of aromatic nitrogens is 2. The van der Waals surface area contributed by atoms with Crippen LogP contribution in [-0.2, 0) is 6.54 Å². The van der Waals surface area contributed by atoms with Crippen LogP contribution < -0.4 is 5.32 Å². The highest BCUT2D eigenvalue weighted by Gasteiger charge is 2.37. The molecule has 1 unspecified atom stereocenters. The summed E-state index contributed by atoms with van der Waals surface area (Å²) in [6.45, 7) is 13.6. The summed E-state index contributed by atoms with van der Waals surface area (Å²) in [5.74, 6) is 0. The van der Waals surface area contributed by atoms with Gasteiger partial charge < -0.3 is 5.32 Å². The van der Waals surface area contributed by atoms with Crippen molar-refractivity contribution in [3.63, 3.8) is 0 Å². The van der Waals surface area contributed by atoms with E-state index in [0.29, 0.717) is 6.04 Å². The van der Waals surface area contributed by atoms with Gasteiger partial charge in [-0.15, -0.1) is 0 Å². The Hall–Kier alpha value is -0.870. The van der Waals surface area contributed by atoms with Crippen LogP contribution in [0.2, 0.25) is 0 Å². The van der Waals surface area contributed by atoms with E-state index in [1.165, 1.54) is 38.0 Å². The number of piperidine rings is 1. The minimum absolute atomic E-state index is 0.113. The highest BCUT2D eigenvalue weighted by atomic mass is 15.3. The van der Waals surface area contributed by atoms with Crippen LogP contribution in [0, 0.1) is 0 Å². The third-order valence-corrected chi connectivity index (χ3v) is 4.77. The summed E-state index contributed by atoms with van der Waals surface area (Å²) in [5.41, 5.74) is 1.44. The van der Waals surface area contributed by atoms with Crippen molar-refractivity contribution in [2.75, 3.05) is 19.6 Å². The van der Waals surface area contributed by atoms with Gasteiger partial charge in [-0.3, -0.25) is 9.58 Å². The lowest BCUT2D eigenvalue weighted by Gasteiger charge is -2.46. The maximum Gasteiger partial charge on any atom is 0.0673 e. The van der Waals surface area contributed by atoms with Gasteiger partial charge in [0.05, 0.1) is 11.7 Å². The van der Waals surface area contributed by atoms with Crippen molar-refractivity contribution in [1.29, 1.82) is 0 Å². The van der Waals surface area contributed by atoms with E-state index >= 15 is 0 Å². The van der Waals surface area contributed by atoms with Gasteiger partial charge in [-0.1, -0.05) is 20.3 Å². The van der Waals surface area contributed by atoms with Crippen molar-refractivity contribution < 1.29 is 0 Å². The van der Waals surface area contributed by atoms with Crippen LogP contribution in [0.5, 0.6) is 0 Å². The molecule has 0 radical (unpaired) electrons. The molecule has 1 saturated heterocycles. The first-order chi connectivity index (χ1) is 10.1. The zero-order chi connectivity index (χ0) is 15.3. The summed E-state index contributed by atoms with van der Waals surface area (Å²) in [6.07, 6.45) is 7.11. The standard InChI is InChI=1S/C17H32N4/c1-5-12-21-15(10-11-19-21)16(18-6-2)17(3,4)20-13-8-7-9-14-20/h10-11,16,18H,5-9,12-14H2,1-4H3. The fourth-order valence-corrected chi connectivity index (χ4v) is 3.56. The van der Waals surface area contributed by atoms with Crippen molar-refractivity contribution in [2.45, 2.75) is 71.5 Å². The van der Waals surface area contributed by atoms with Gasteiger partial charge in [0.2, 0.25) is 0 Å². The molecule has 2 heterocycles. The molecule has 0 bridgehead atoms. The van der Waals surface area contributed by atoms with Crippen molar-refractivity contribution >= 4 is 0 Å². The molecule has 4 heteroatoms. The predicted molar refractivity (Wildman–Crippen MR) is 88.4 cm³/mol. The average Bonchev–Trinajstić information content (AvgIpc) is 2.94. The smallest absolute Gasteiger partial charge is 0.0673 e. The fraction of sp³-hybridized carbons (Fsp3) is 0.824. The van der Waals surface area contributed by atoms with Crippen LogP contribution in [0.3, 0.4) is 0 Å². The molecule has 21 heavy (non-hydrogen) atoms. The summed E-state index contributed by atoms with van der Waals surface area (Å²) >= 11 is 0. The minimum atomic E-state index is 0.113. The molecule has 0 saturated carbocycles. The average molecular weight is 292 g/mol. The SMILES string of the molecule is CCCn1nccc1C(NCC)C(C)(C)N1CCCCC1. The maximum atomic E-state index is 4.53. The van der Waals surface area contributed by atoms with Crippen molar-refractivity contribution in [1.82, 2.24) is 20.0 Å². The molecule has 1 atom stereocenters. The van der Waals surface area contributed by atoms with Gasteiger partial charge in [-0.2, -0.15) is 5.10 Å². The molecule has 1 aliphatic heterocycles. The molecule has 2 rings (SSSR count). The number of hydrogen-bond acceptors (Lipinski definition) is 3. The van der Waals surface area contributed by atoms with E-state index in [9.17, 15) is 0 Å². The first-order valence-electron chi connectivity index (χ1n) is 8.61. The second kappa shape index (κ2) is 7.41. The molecule has 1 aromatic heterocycles. The lowest BCUT2D eigenvalue weighted by molar-refractivity contribution is 0.0583. The number of likely N-dealkylation sites (tertiary alicyclic amines) is 1. The van der Waals surface area contributed by atoms with Gasteiger partial charge in [0.1, 0.15) is 0 Å². The Bertz CT molecular complexity index is 418. The Morgan fingerprint density at radius 2 is 1.95 bits per heavy atom. The van der Waals surface area contributed by atoms with Gasteiger partial charge >= 0.3 is 0 Å². The quantitative estimate of drug-likeness (QED) is 0.838. The van der Waals surface area contributed by atoms with Gasteiger partial charge in [0.25, 0.3) is 0 Å². The van der Waals surface area contributed by atoms with E-state index in [0.717, 1.165) is 19.5 Å². The Morgan fingerprint density at radius 1 is 1.24 bits per heavy atom. The lowest BCUT2D eigenvalue weighted by atomic mass is 9.87. The Balaban J connectivity index is 2.25. The lowest BCUT2D eigenvalue weighted by Crippen LogP contribution is -2.54. The molecule has 1 fully saturated rings. The van der Waals surface area contributed by atoms with Crippen LogP contribution >= 0.6 is 0 Å². The van der Waals surface area contributed by atoms with Crippen LogP contribution in [0.1, 0.15) is 65.1 Å². The molecule has 0 spiro atoms. The maximum absolute atomic E-state index is 4.53. The normalized spacial score (nSPS) is 18.9. The predicted octanol–water partition coefficient (Wildman–Crippen LogP) is 3.21. The zero-order valence-electron chi connectivity index (χ0n) is 14.2. The van der Waals surface area contributed by atoms with Gasteiger partial charge in [0, 0.05) is 18.3 Å². The Labute approximate surface area is 129 Å². The number of hydrogen-bond donors (Lipinski definition) is 1. The summed E-state index contributed by atoms with van der Waals surface area (Å²) < 4.78 is 2.18. The molecule has 4 nitrogen and oxygen atoms in total. The summed E-state index contributed by atoms with van der Waals surface area (Å²) in [7, 11) is 0. The molecular formula is C17H32N4. The molecule has 0 amide bonds. The first kappa shape index (κ1) is 16.5. The summed E-state index contributed by atoms with van der Waals surface area (Å²) in [6, 6.07) is 2.52. The first-order valence-corrected chi connectivity index (χ1v) is 8.61. The third-order valence-electron chi connectivity index (χ3n) is 4.77. The van der Waals surface area contributed by atoms with Gasteiger partial charge in [-0.25, -0.2) is 0 Å². The monoisotopic (exact) mass is 292 g/mol. The van der Waals surface area contributed by atoms with Crippen molar-refractivity contribution in [3.8, 4) is 0 Å². The van der Waals surface area contributed by atoms with Crippen molar-refractivity contribution in [2.24, 2.45) is 0 Å². The van der Waals surface area contributed by atoms with E-state index < -0.39 is 0 Å². The van der Waals surface area contributed by atoms with E-state index in [-0.39, 0.29) is 5.54 Å². The second-order valence-corrected chi connectivity index (χ2v) is 6.67. The second-order valence-electron chi connectivity index (χ2n) is 6.67. The highest BCUT2D eigenvalue weighted by molar-refractivity contribution is 5.14. The van der Waals surface area contributed by atoms with E-state index in [1.807, 2.05) is 6.20 Å². The van der Waals surface area contributed by atoms with Crippen LogP contribution in [0.25, 0.3) is 0 Å². The molecule has 1 aliphatic rings. The Kier molecular flexibility index (Phi) is 5.82. The number of aryl methyl sites for hydroxylation is 1. The van der Waals surface area contributed by atoms with Crippen molar-refractivity contribution in [3.05, 3.63) is 18.0 Å². The minimum Gasteiger partial charge on any atom is -0.307 e. The molecular weight excluding hydrogens is 260 g/mol. The van der Waals surface area contributed by atoms with E-state index in [4.69, 9.17) is 0 Å². The number of nitrogens with one attached hydrogen (secondary N) is 1. The Morgan fingerprint density at radius 3 is 2.57 bits per heavy atom. The summed E-state index contributed by atoms with van der Waals surface area (Å²) in [5, 5.41) is 8.24. The fourth-order valence-electron chi connectivity index (χ4n) is 3.56. The molecule has 1 aromatic rings. The molecule has 1 N–H and O–H groups in total. The molecule has 120 valence electrons. The number of rotatable bonds is 7. The topological polar surface area (TPSA) is 33.1 Å². The third kappa shape index (κ3) is 3.67. The number of likely N-dealkylation sites (N-methyl/N-ethyl adjacent to an activating group) is 1. The largest absolute Gasteiger partial charge is 0.307 e. The molecule has 0 aromatic carbocycles. The van der Waals surface area contributed by atoms with E-state index in [1.54, 1.807) is 0 Å². The summed E-state index contributed by atoms with van der Waals surface area (Å²) in [4.78, 5) is 2.66.